The van der Waals surface area contributed by atoms with Crippen molar-refractivity contribution >= 4 is 11.9 Å². The lowest BCUT2D eigenvalue weighted by Crippen LogP contribution is -2.40. The van der Waals surface area contributed by atoms with E-state index in [1.54, 1.807) is 12.1 Å². The number of hydrogen-bond acceptors (Lipinski definition) is 5. The fourth-order valence-corrected chi connectivity index (χ4v) is 2.82. The van der Waals surface area contributed by atoms with E-state index < -0.39 is 5.97 Å². The fraction of sp³-hybridized carbons (Fsp3) is 0.600. The highest BCUT2D eigenvalue weighted by Gasteiger charge is 2.13. The van der Waals surface area contributed by atoms with Crippen LogP contribution in [0.15, 0.2) is 23.2 Å². The minimum absolute atomic E-state index is 0.197. The maximum atomic E-state index is 11.9. The predicted molar refractivity (Wildman–Crippen MR) is 107 cm³/mol. The molecule has 1 aromatic carbocycles. The van der Waals surface area contributed by atoms with Gasteiger partial charge in [-0.3, -0.25) is 0 Å². The number of nitrogens with one attached hydrogen (secondary N) is 2. The lowest BCUT2D eigenvalue weighted by atomic mass is 10.0. The number of rotatable bonds is 11. The molecule has 0 aliphatic rings. The van der Waals surface area contributed by atoms with E-state index in [1.165, 1.54) is 14.2 Å². The van der Waals surface area contributed by atoms with Crippen molar-refractivity contribution in [3.63, 3.8) is 0 Å². The third-order valence-electron chi connectivity index (χ3n) is 4.23. The molecule has 0 fully saturated rings. The zero-order valence-electron chi connectivity index (χ0n) is 16.9. The van der Waals surface area contributed by atoms with Gasteiger partial charge in [0.25, 0.3) is 0 Å². The summed E-state index contributed by atoms with van der Waals surface area (Å²) < 4.78 is 10.0. The van der Waals surface area contributed by atoms with Gasteiger partial charge in [0.2, 0.25) is 0 Å². The SMILES string of the molecule is CCCC(CCO)CNC(=NCc1ccc(OC)c(C(=O)OC)c1)NCC. The van der Waals surface area contributed by atoms with E-state index >= 15 is 0 Å². The van der Waals surface area contributed by atoms with Gasteiger partial charge < -0.3 is 25.2 Å². The predicted octanol–water partition coefficient (Wildman–Crippen LogP) is 2.34. The molecule has 1 unspecified atom stereocenters. The van der Waals surface area contributed by atoms with Crippen molar-refractivity contribution in [1.29, 1.82) is 0 Å². The molecule has 27 heavy (non-hydrogen) atoms. The van der Waals surface area contributed by atoms with Crippen molar-refractivity contribution in [2.24, 2.45) is 10.9 Å². The van der Waals surface area contributed by atoms with Gasteiger partial charge in [0.05, 0.1) is 20.8 Å². The van der Waals surface area contributed by atoms with Gasteiger partial charge in [-0.05, 0) is 43.4 Å². The largest absolute Gasteiger partial charge is 0.496 e. The van der Waals surface area contributed by atoms with E-state index in [0.717, 1.165) is 37.9 Å². The van der Waals surface area contributed by atoms with Gasteiger partial charge in [0.15, 0.2) is 5.96 Å². The van der Waals surface area contributed by atoms with Crippen LogP contribution in [-0.4, -0.2) is 51.0 Å². The molecular formula is C20H33N3O4. The summed E-state index contributed by atoms with van der Waals surface area (Å²) in [5, 5.41) is 15.8. The third kappa shape index (κ3) is 7.86. The minimum Gasteiger partial charge on any atom is -0.496 e. The van der Waals surface area contributed by atoms with E-state index in [4.69, 9.17) is 9.47 Å². The van der Waals surface area contributed by atoms with E-state index in [-0.39, 0.29) is 6.61 Å². The number of aliphatic hydroxyl groups is 1. The van der Waals surface area contributed by atoms with Crippen molar-refractivity contribution in [3.8, 4) is 5.75 Å². The van der Waals surface area contributed by atoms with Crippen molar-refractivity contribution < 1.29 is 19.4 Å². The summed E-state index contributed by atoms with van der Waals surface area (Å²) in [6, 6.07) is 5.36. The molecular weight excluding hydrogens is 346 g/mol. The first kappa shape index (κ1) is 22.8. The Balaban J connectivity index is 2.83. The molecule has 0 aromatic heterocycles. The minimum atomic E-state index is -0.436. The Bertz CT molecular complexity index is 599. The Labute approximate surface area is 162 Å². The van der Waals surface area contributed by atoms with Crippen LogP contribution in [-0.2, 0) is 11.3 Å². The summed E-state index contributed by atoms with van der Waals surface area (Å²) >= 11 is 0. The molecule has 0 saturated carbocycles. The number of esters is 1. The second kappa shape index (κ2) is 13.0. The summed E-state index contributed by atoms with van der Waals surface area (Å²) in [7, 11) is 2.87. The topological polar surface area (TPSA) is 92.2 Å². The molecule has 3 N–H and O–H groups in total. The summed E-state index contributed by atoms with van der Waals surface area (Å²) in [5.41, 5.74) is 1.27. The van der Waals surface area contributed by atoms with Crippen molar-refractivity contribution in [1.82, 2.24) is 10.6 Å². The summed E-state index contributed by atoms with van der Waals surface area (Å²) in [4.78, 5) is 16.5. The van der Waals surface area contributed by atoms with Crippen molar-refractivity contribution in [2.45, 2.75) is 39.7 Å². The molecule has 0 bridgehead atoms. The molecule has 1 rings (SSSR count). The van der Waals surface area contributed by atoms with Crippen LogP contribution < -0.4 is 15.4 Å². The number of carbonyl (C=O) groups is 1. The van der Waals surface area contributed by atoms with Crippen LogP contribution >= 0.6 is 0 Å². The van der Waals surface area contributed by atoms with Gasteiger partial charge in [0, 0.05) is 19.7 Å². The molecule has 0 aliphatic heterocycles. The van der Waals surface area contributed by atoms with E-state index in [0.29, 0.717) is 29.7 Å². The molecule has 0 saturated heterocycles. The normalized spacial score (nSPS) is 12.4. The highest BCUT2D eigenvalue weighted by atomic mass is 16.5. The lowest BCUT2D eigenvalue weighted by Gasteiger charge is -2.18. The Morgan fingerprint density at radius 1 is 1.22 bits per heavy atom. The van der Waals surface area contributed by atoms with E-state index in [2.05, 4.69) is 22.5 Å². The van der Waals surface area contributed by atoms with Crippen molar-refractivity contribution in [2.75, 3.05) is 33.9 Å². The number of ether oxygens (including phenoxy) is 2. The van der Waals surface area contributed by atoms with Crippen LogP contribution in [0.3, 0.4) is 0 Å². The first-order valence-corrected chi connectivity index (χ1v) is 9.47. The van der Waals surface area contributed by atoms with E-state index in [9.17, 15) is 9.90 Å². The van der Waals surface area contributed by atoms with Crippen LogP contribution in [0.25, 0.3) is 0 Å². The molecule has 0 spiro atoms. The first-order valence-electron chi connectivity index (χ1n) is 9.47. The number of nitrogens with zero attached hydrogens (tertiary/aromatic N) is 1. The maximum absolute atomic E-state index is 11.9. The summed E-state index contributed by atoms with van der Waals surface area (Å²) in [6.07, 6.45) is 2.93. The molecule has 152 valence electrons. The standard InChI is InChI=1S/C20H33N3O4/c1-5-7-15(10-11-24)13-22-20(21-6-2)23-14-16-8-9-18(26-3)17(12-16)19(25)27-4/h8-9,12,15,24H,5-7,10-11,13-14H2,1-4H3,(H2,21,22,23). The zero-order valence-corrected chi connectivity index (χ0v) is 16.9. The molecule has 0 heterocycles. The average Bonchev–Trinajstić information content (AvgIpc) is 2.69. The molecule has 1 atom stereocenters. The van der Waals surface area contributed by atoms with Gasteiger partial charge in [-0.25, -0.2) is 9.79 Å². The summed E-state index contributed by atoms with van der Waals surface area (Å²) in [6.45, 7) is 6.28. The van der Waals surface area contributed by atoms with Crippen LogP contribution in [0.1, 0.15) is 49.0 Å². The zero-order chi connectivity index (χ0) is 20.1. The molecule has 0 amide bonds. The van der Waals surface area contributed by atoms with Gasteiger partial charge in [-0.1, -0.05) is 19.4 Å². The number of methoxy groups -OCH3 is 2. The van der Waals surface area contributed by atoms with Gasteiger partial charge in [0.1, 0.15) is 11.3 Å². The smallest absolute Gasteiger partial charge is 0.341 e. The van der Waals surface area contributed by atoms with Gasteiger partial charge in [-0.2, -0.15) is 0 Å². The van der Waals surface area contributed by atoms with Crippen LogP contribution in [0.4, 0.5) is 0 Å². The number of carbonyl (C=O) groups excluding carboxylic acids is 1. The number of guanidine groups is 1. The van der Waals surface area contributed by atoms with Gasteiger partial charge in [-0.15, -0.1) is 0 Å². The average molecular weight is 380 g/mol. The second-order valence-corrected chi connectivity index (χ2v) is 6.27. The highest BCUT2D eigenvalue weighted by Crippen LogP contribution is 2.21. The van der Waals surface area contributed by atoms with Gasteiger partial charge >= 0.3 is 5.97 Å². The van der Waals surface area contributed by atoms with Crippen LogP contribution in [0.5, 0.6) is 5.75 Å². The number of benzene rings is 1. The molecule has 7 heteroatoms. The fourth-order valence-electron chi connectivity index (χ4n) is 2.82. The maximum Gasteiger partial charge on any atom is 0.341 e. The summed E-state index contributed by atoms with van der Waals surface area (Å²) in [5.74, 6) is 1.17. The first-order chi connectivity index (χ1) is 13.1. The number of aliphatic hydroxyl groups excluding tert-OH is 1. The Hall–Kier alpha value is -2.28. The van der Waals surface area contributed by atoms with Crippen molar-refractivity contribution in [3.05, 3.63) is 29.3 Å². The van der Waals surface area contributed by atoms with Crippen LogP contribution in [0, 0.1) is 5.92 Å². The second-order valence-electron chi connectivity index (χ2n) is 6.27. The Morgan fingerprint density at radius 2 is 2.00 bits per heavy atom. The number of hydrogen-bond donors (Lipinski definition) is 3. The molecule has 0 radical (unpaired) electrons. The van der Waals surface area contributed by atoms with E-state index in [1.807, 2.05) is 13.0 Å². The Morgan fingerprint density at radius 3 is 2.59 bits per heavy atom. The third-order valence-corrected chi connectivity index (χ3v) is 4.23. The highest BCUT2D eigenvalue weighted by molar-refractivity contribution is 5.92. The molecule has 0 aliphatic carbocycles. The molecule has 7 nitrogen and oxygen atoms in total. The number of aliphatic imine (C=N–C) groups is 1. The Kier molecular flexibility index (Phi) is 10.9. The molecule has 1 aromatic rings. The quantitative estimate of drug-likeness (QED) is 0.310. The van der Waals surface area contributed by atoms with Crippen LogP contribution in [0.2, 0.25) is 0 Å². The monoisotopic (exact) mass is 379 g/mol. The lowest BCUT2D eigenvalue weighted by molar-refractivity contribution is 0.0597.